The fourth-order valence-electron chi connectivity index (χ4n) is 2.88. The Kier molecular flexibility index (Phi) is 4.07. The summed E-state index contributed by atoms with van der Waals surface area (Å²) in [4.78, 5) is 2.54. The minimum atomic E-state index is 0.887. The van der Waals surface area contributed by atoms with Gasteiger partial charge in [-0.3, -0.25) is 4.90 Å². The molecular formula is C17H23N3. The van der Waals surface area contributed by atoms with Crippen LogP contribution >= 0.6 is 0 Å². The molecule has 0 radical (unpaired) electrons. The summed E-state index contributed by atoms with van der Waals surface area (Å²) < 4.78 is 2.09. The number of likely N-dealkylation sites (tertiary alicyclic amines) is 1. The summed E-state index contributed by atoms with van der Waals surface area (Å²) in [5.74, 6) is 0. The summed E-state index contributed by atoms with van der Waals surface area (Å²) in [7, 11) is 2.06. The highest BCUT2D eigenvalue weighted by atomic mass is 15.1. The van der Waals surface area contributed by atoms with Crippen molar-refractivity contribution in [3.8, 4) is 0 Å². The van der Waals surface area contributed by atoms with Crippen LogP contribution in [0.1, 0.15) is 24.0 Å². The third kappa shape index (κ3) is 3.23. The van der Waals surface area contributed by atoms with E-state index in [-0.39, 0.29) is 0 Å². The Labute approximate surface area is 121 Å². The molecule has 2 aromatic rings. The smallest absolute Gasteiger partial charge is 0.0415 e. The Hall–Kier alpha value is -1.74. The number of aryl methyl sites for hydroxylation is 1. The Morgan fingerprint density at radius 1 is 1.10 bits per heavy atom. The van der Waals surface area contributed by atoms with Gasteiger partial charge in [0.15, 0.2) is 0 Å². The van der Waals surface area contributed by atoms with Crippen LogP contribution in [-0.4, -0.2) is 22.6 Å². The van der Waals surface area contributed by atoms with E-state index < -0.39 is 0 Å². The van der Waals surface area contributed by atoms with Crippen molar-refractivity contribution in [2.24, 2.45) is 7.05 Å². The SMILES string of the molecule is Cn1ccc(CNc2ccccc2CN2CCCC2)c1. The summed E-state index contributed by atoms with van der Waals surface area (Å²) in [5.41, 5.74) is 4.00. The zero-order valence-corrected chi connectivity index (χ0v) is 12.2. The number of nitrogens with zero attached hydrogens (tertiary/aromatic N) is 2. The average Bonchev–Trinajstić information content (AvgIpc) is 3.10. The van der Waals surface area contributed by atoms with E-state index in [1.54, 1.807) is 0 Å². The highest BCUT2D eigenvalue weighted by molar-refractivity contribution is 5.51. The van der Waals surface area contributed by atoms with E-state index in [0.717, 1.165) is 13.1 Å². The van der Waals surface area contributed by atoms with Crippen molar-refractivity contribution >= 4 is 5.69 Å². The Morgan fingerprint density at radius 3 is 2.65 bits per heavy atom. The van der Waals surface area contributed by atoms with Crippen LogP contribution in [0.5, 0.6) is 0 Å². The van der Waals surface area contributed by atoms with Gasteiger partial charge in [-0.05, 0) is 49.2 Å². The van der Waals surface area contributed by atoms with Gasteiger partial charge in [-0.2, -0.15) is 0 Å². The second kappa shape index (κ2) is 6.14. The van der Waals surface area contributed by atoms with Crippen molar-refractivity contribution in [3.63, 3.8) is 0 Å². The van der Waals surface area contributed by atoms with Crippen molar-refractivity contribution in [2.45, 2.75) is 25.9 Å². The molecule has 3 nitrogen and oxygen atoms in total. The second-order valence-electron chi connectivity index (χ2n) is 5.68. The highest BCUT2D eigenvalue weighted by Gasteiger charge is 2.13. The molecule has 0 saturated carbocycles. The fourth-order valence-corrected chi connectivity index (χ4v) is 2.88. The van der Waals surface area contributed by atoms with Crippen LogP contribution in [0.4, 0.5) is 5.69 Å². The number of para-hydroxylation sites is 1. The van der Waals surface area contributed by atoms with Gasteiger partial charge in [0.2, 0.25) is 0 Å². The van der Waals surface area contributed by atoms with E-state index in [0.29, 0.717) is 0 Å². The molecule has 0 atom stereocenters. The van der Waals surface area contributed by atoms with Crippen LogP contribution in [0.25, 0.3) is 0 Å². The van der Waals surface area contributed by atoms with Gasteiger partial charge in [-0.15, -0.1) is 0 Å². The third-order valence-corrected chi connectivity index (χ3v) is 3.99. The highest BCUT2D eigenvalue weighted by Crippen LogP contribution is 2.20. The number of aromatic nitrogens is 1. The van der Waals surface area contributed by atoms with Crippen LogP contribution in [0, 0.1) is 0 Å². The lowest BCUT2D eigenvalue weighted by molar-refractivity contribution is 0.332. The molecule has 2 heterocycles. The maximum atomic E-state index is 3.58. The maximum Gasteiger partial charge on any atom is 0.0415 e. The van der Waals surface area contributed by atoms with Crippen LogP contribution in [0.2, 0.25) is 0 Å². The topological polar surface area (TPSA) is 20.2 Å². The minimum Gasteiger partial charge on any atom is -0.381 e. The van der Waals surface area contributed by atoms with Crippen molar-refractivity contribution < 1.29 is 0 Å². The monoisotopic (exact) mass is 269 g/mol. The maximum absolute atomic E-state index is 3.58. The fraction of sp³-hybridized carbons (Fsp3) is 0.412. The lowest BCUT2D eigenvalue weighted by Gasteiger charge is -2.18. The van der Waals surface area contributed by atoms with Gasteiger partial charge in [0, 0.05) is 38.2 Å². The lowest BCUT2D eigenvalue weighted by Crippen LogP contribution is -2.19. The largest absolute Gasteiger partial charge is 0.381 e. The zero-order chi connectivity index (χ0) is 13.8. The molecule has 1 saturated heterocycles. The van der Waals surface area contributed by atoms with E-state index in [1.807, 2.05) is 0 Å². The Morgan fingerprint density at radius 2 is 1.90 bits per heavy atom. The number of hydrogen-bond acceptors (Lipinski definition) is 2. The predicted molar refractivity (Wildman–Crippen MR) is 83.7 cm³/mol. The van der Waals surface area contributed by atoms with E-state index in [4.69, 9.17) is 0 Å². The molecule has 0 spiro atoms. The summed E-state index contributed by atoms with van der Waals surface area (Å²) >= 11 is 0. The molecule has 3 heteroatoms. The van der Waals surface area contributed by atoms with Gasteiger partial charge in [-0.1, -0.05) is 18.2 Å². The quantitative estimate of drug-likeness (QED) is 0.899. The number of nitrogens with one attached hydrogen (secondary N) is 1. The molecule has 0 unspecified atom stereocenters. The normalized spacial score (nSPS) is 15.7. The van der Waals surface area contributed by atoms with Crippen LogP contribution in [0.15, 0.2) is 42.7 Å². The van der Waals surface area contributed by atoms with E-state index in [9.17, 15) is 0 Å². The van der Waals surface area contributed by atoms with Gasteiger partial charge in [0.1, 0.15) is 0 Å². The van der Waals surface area contributed by atoms with Gasteiger partial charge in [0.25, 0.3) is 0 Å². The zero-order valence-electron chi connectivity index (χ0n) is 12.2. The Bertz CT molecular complexity index is 553. The molecule has 0 amide bonds. The van der Waals surface area contributed by atoms with Crippen molar-refractivity contribution in [3.05, 3.63) is 53.9 Å². The van der Waals surface area contributed by atoms with Crippen LogP contribution in [-0.2, 0) is 20.1 Å². The first-order valence-electron chi connectivity index (χ1n) is 7.46. The predicted octanol–water partition coefficient (Wildman–Crippen LogP) is 3.23. The number of rotatable bonds is 5. The minimum absolute atomic E-state index is 0.887. The molecule has 1 aromatic carbocycles. The first-order valence-corrected chi connectivity index (χ1v) is 7.46. The van der Waals surface area contributed by atoms with Crippen molar-refractivity contribution in [1.29, 1.82) is 0 Å². The standard InChI is InChI=1S/C17H23N3/c1-19-11-8-15(13-19)12-18-17-7-3-2-6-16(17)14-20-9-4-5-10-20/h2-3,6-8,11,13,18H,4-5,9-10,12,14H2,1H3. The first-order chi connectivity index (χ1) is 9.81. The van der Waals surface area contributed by atoms with Gasteiger partial charge < -0.3 is 9.88 Å². The van der Waals surface area contributed by atoms with E-state index in [2.05, 4.69) is 64.6 Å². The molecule has 1 N–H and O–H groups in total. The molecule has 3 rings (SSSR count). The molecule has 1 aliphatic rings. The first kappa shape index (κ1) is 13.3. The molecule has 106 valence electrons. The molecule has 1 aliphatic heterocycles. The van der Waals surface area contributed by atoms with Crippen molar-refractivity contribution in [2.75, 3.05) is 18.4 Å². The molecule has 0 aliphatic carbocycles. The van der Waals surface area contributed by atoms with Gasteiger partial charge in [0.05, 0.1) is 0 Å². The summed E-state index contributed by atoms with van der Waals surface area (Å²) in [6, 6.07) is 10.8. The average molecular weight is 269 g/mol. The molecular weight excluding hydrogens is 246 g/mol. The summed E-state index contributed by atoms with van der Waals surface area (Å²) in [6.07, 6.45) is 6.95. The molecule has 20 heavy (non-hydrogen) atoms. The number of hydrogen-bond donors (Lipinski definition) is 1. The van der Waals surface area contributed by atoms with Crippen molar-refractivity contribution in [1.82, 2.24) is 9.47 Å². The number of benzene rings is 1. The van der Waals surface area contributed by atoms with E-state index in [1.165, 1.54) is 42.7 Å². The van der Waals surface area contributed by atoms with Crippen LogP contribution < -0.4 is 5.32 Å². The van der Waals surface area contributed by atoms with Gasteiger partial charge >= 0.3 is 0 Å². The third-order valence-electron chi connectivity index (χ3n) is 3.99. The second-order valence-corrected chi connectivity index (χ2v) is 5.68. The van der Waals surface area contributed by atoms with Crippen LogP contribution in [0.3, 0.4) is 0 Å². The van der Waals surface area contributed by atoms with E-state index >= 15 is 0 Å². The lowest BCUT2D eigenvalue weighted by atomic mass is 10.1. The summed E-state index contributed by atoms with van der Waals surface area (Å²) in [5, 5.41) is 3.58. The number of anilines is 1. The molecule has 1 fully saturated rings. The molecule has 1 aromatic heterocycles. The van der Waals surface area contributed by atoms with Gasteiger partial charge in [-0.25, -0.2) is 0 Å². The Balaban J connectivity index is 1.65. The summed E-state index contributed by atoms with van der Waals surface area (Å²) in [6.45, 7) is 4.44. The molecule has 0 bridgehead atoms.